The van der Waals surface area contributed by atoms with Crippen LogP contribution in [-0.2, 0) is 0 Å². The minimum Gasteiger partial charge on any atom is -0.506 e. The normalized spacial score (nSPS) is 11.7. The Morgan fingerprint density at radius 3 is 2.08 bits per heavy atom. The fourth-order valence-corrected chi connectivity index (χ4v) is 2.98. The molecule has 0 amide bonds. The number of halogens is 2. The average molecular weight is 385 g/mol. The molecular weight excluding hydrogens is 379 g/mol. The van der Waals surface area contributed by atoms with Gasteiger partial charge in [0.05, 0.1) is 21.8 Å². The Bertz CT molecular complexity index is 1090. The number of nitriles is 2. The summed E-state index contributed by atoms with van der Waals surface area (Å²) in [6, 6.07) is 9.14. The second kappa shape index (κ2) is 6.49. The summed E-state index contributed by atoms with van der Waals surface area (Å²) in [7, 11) is 0. The summed E-state index contributed by atoms with van der Waals surface area (Å²) in [5, 5.41) is 30.7. The Hall–Kier alpha value is -3.39. The van der Waals surface area contributed by atoms with Gasteiger partial charge in [0, 0.05) is 11.1 Å². The van der Waals surface area contributed by atoms with Crippen LogP contribution in [0.25, 0.3) is 0 Å². The van der Waals surface area contributed by atoms with Crippen molar-refractivity contribution in [1.29, 1.82) is 10.5 Å². The second-order valence-corrected chi connectivity index (χ2v) is 5.86. The van der Waals surface area contributed by atoms with Crippen molar-refractivity contribution in [2.24, 2.45) is 5.10 Å². The van der Waals surface area contributed by atoms with Crippen LogP contribution in [0.1, 0.15) is 31.8 Å². The fraction of sp³-hybridized carbons (Fsp3) is 0. The van der Waals surface area contributed by atoms with Gasteiger partial charge in [0.25, 0.3) is 0 Å². The molecule has 1 aliphatic carbocycles. The number of aromatic hydroxyl groups is 1. The number of anilines is 1. The predicted molar refractivity (Wildman–Crippen MR) is 93.7 cm³/mol. The van der Waals surface area contributed by atoms with Gasteiger partial charge in [0.1, 0.15) is 22.9 Å². The van der Waals surface area contributed by atoms with Gasteiger partial charge in [-0.2, -0.15) is 15.6 Å². The topological polar surface area (TPSA) is 126 Å². The van der Waals surface area contributed by atoms with Gasteiger partial charge < -0.3 is 5.11 Å². The first kappa shape index (κ1) is 17.4. The van der Waals surface area contributed by atoms with Crippen molar-refractivity contribution in [3.8, 4) is 17.9 Å². The van der Waals surface area contributed by atoms with Crippen molar-refractivity contribution in [2.75, 3.05) is 5.43 Å². The molecule has 3 rings (SSSR count). The van der Waals surface area contributed by atoms with E-state index in [0.717, 1.165) is 0 Å². The van der Waals surface area contributed by atoms with Crippen LogP contribution >= 0.6 is 23.2 Å². The summed E-state index contributed by atoms with van der Waals surface area (Å²) in [6.07, 6.45) is 0. The van der Waals surface area contributed by atoms with Crippen LogP contribution in [0.5, 0.6) is 5.75 Å². The number of carbonyl (C=O) groups excluding carboxylic acids is 2. The number of carbonyl (C=O) groups is 2. The number of phenols is 1. The van der Waals surface area contributed by atoms with Gasteiger partial charge in [-0.15, -0.1) is 0 Å². The van der Waals surface area contributed by atoms with Crippen molar-refractivity contribution < 1.29 is 14.7 Å². The van der Waals surface area contributed by atoms with Gasteiger partial charge in [-0.1, -0.05) is 47.5 Å². The molecule has 1 aliphatic rings. The standard InChI is InChI=1S/C17H6Cl2N4O3/c18-12-13(19)17(26)11-10(14(12)23-22-7(5-20)6-21)15(24)8-3-1-2-4-9(8)16(11)25/h1-4,23,26H. The molecule has 0 radical (unpaired) electrons. The van der Waals surface area contributed by atoms with Crippen LogP contribution < -0.4 is 5.43 Å². The number of phenolic OH excluding ortho intramolecular Hbond substituents is 1. The summed E-state index contributed by atoms with van der Waals surface area (Å²) in [5.41, 5.74) is 1.30. The fourth-order valence-electron chi connectivity index (χ4n) is 2.56. The first-order chi connectivity index (χ1) is 12.4. The van der Waals surface area contributed by atoms with Gasteiger partial charge in [0.15, 0.2) is 11.6 Å². The maximum atomic E-state index is 12.9. The zero-order valence-electron chi connectivity index (χ0n) is 12.7. The van der Waals surface area contributed by atoms with E-state index in [1.165, 1.54) is 24.3 Å². The Labute approximate surface area is 156 Å². The van der Waals surface area contributed by atoms with Crippen LogP contribution in [0.4, 0.5) is 5.69 Å². The lowest BCUT2D eigenvalue weighted by molar-refractivity contribution is 0.0977. The summed E-state index contributed by atoms with van der Waals surface area (Å²) in [6.45, 7) is 0. The van der Waals surface area contributed by atoms with E-state index in [9.17, 15) is 14.7 Å². The molecular formula is C17H6Cl2N4O3. The zero-order valence-corrected chi connectivity index (χ0v) is 14.2. The molecule has 2 aromatic carbocycles. The van der Waals surface area contributed by atoms with Crippen molar-refractivity contribution in [3.63, 3.8) is 0 Å². The summed E-state index contributed by atoms with van der Waals surface area (Å²) >= 11 is 12.1. The van der Waals surface area contributed by atoms with Crippen LogP contribution in [0.2, 0.25) is 10.0 Å². The molecule has 0 fully saturated rings. The Morgan fingerprint density at radius 1 is 1.00 bits per heavy atom. The SMILES string of the molecule is N#CC(C#N)=NNc1c(Cl)c(Cl)c(O)c2c1C(=O)c1ccccc1C2=O. The van der Waals surface area contributed by atoms with E-state index >= 15 is 0 Å². The highest BCUT2D eigenvalue weighted by Crippen LogP contribution is 2.46. The lowest BCUT2D eigenvalue weighted by Crippen LogP contribution is -2.22. The van der Waals surface area contributed by atoms with E-state index < -0.39 is 23.0 Å². The number of hydrazone groups is 1. The smallest absolute Gasteiger partial charge is 0.237 e. The van der Waals surface area contributed by atoms with Crippen LogP contribution in [0.3, 0.4) is 0 Å². The molecule has 9 heteroatoms. The van der Waals surface area contributed by atoms with Crippen molar-refractivity contribution in [2.45, 2.75) is 0 Å². The van der Waals surface area contributed by atoms with E-state index in [1.807, 2.05) is 0 Å². The highest BCUT2D eigenvalue weighted by molar-refractivity contribution is 6.47. The number of fused-ring (bicyclic) bond motifs is 2. The number of hydrogen-bond donors (Lipinski definition) is 2. The van der Waals surface area contributed by atoms with Crippen LogP contribution in [0, 0.1) is 22.7 Å². The third-order valence-corrected chi connectivity index (χ3v) is 4.56. The highest BCUT2D eigenvalue weighted by Gasteiger charge is 2.37. The number of benzene rings is 2. The molecule has 0 spiro atoms. The van der Waals surface area contributed by atoms with Gasteiger partial charge in [0.2, 0.25) is 5.71 Å². The summed E-state index contributed by atoms with van der Waals surface area (Å²) < 4.78 is 0. The second-order valence-electron chi connectivity index (χ2n) is 5.10. The molecule has 0 aliphatic heterocycles. The first-order valence-corrected chi connectivity index (χ1v) is 7.74. The van der Waals surface area contributed by atoms with Crippen LogP contribution in [0.15, 0.2) is 29.4 Å². The monoisotopic (exact) mass is 384 g/mol. The predicted octanol–water partition coefficient (Wildman–Crippen LogP) is 3.29. The summed E-state index contributed by atoms with van der Waals surface area (Å²) in [5.74, 6) is -1.83. The van der Waals surface area contributed by atoms with E-state index in [2.05, 4.69) is 10.5 Å². The number of nitrogens with one attached hydrogen (secondary N) is 1. The molecule has 0 saturated heterocycles. The number of hydrogen-bond acceptors (Lipinski definition) is 7. The highest BCUT2D eigenvalue weighted by atomic mass is 35.5. The van der Waals surface area contributed by atoms with Crippen molar-refractivity contribution in [3.05, 3.63) is 56.6 Å². The van der Waals surface area contributed by atoms with Crippen LogP contribution in [-0.4, -0.2) is 22.4 Å². The van der Waals surface area contributed by atoms with E-state index in [4.69, 9.17) is 33.7 Å². The molecule has 0 bridgehead atoms. The molecule has 2 N–H and O–H groups in total. The molecule has 0 unspecified atom stereocenters. The lowest BCUT2D eigenvalue weighted by atomic mass is 9.82. The molecule has 2 aromatic rings. The first-order valence-electron chi connectivity index (χ1n) is 6.98. The number of nitrogens with zero attached hydrogens (tertiary/aromatic N) is 3. The van der Waals surface area contributed by atoms with Crippen molar-refractivity contribution in [1.82, 2.24) is 0 Å². The molecule has 26 heavy (non-hydrogen) atoms. The Balaban J connectivity index is 2.33. The lowest BCUT2D eigenvalue weighted by Gasteiger charge is -2.22. The maximum Gasteiger partial charge on any atom is 0.237 e. The number of rotatable bonds is 2. The molecule has 0 saturated carbocycles. The third-order valence-electron chi connectivity index (χ3n) is 3.72. The summed E-state index contributed by atoms with van der Waals surface area (Å²) in [4.78, 5) is 25.6. The quantitative estimate of drug-likeness (QED) is 0.396. The average Bonchev–Trinajstić information content (AvgIpc) is 2.66. The molecule has 0 heterocycles. The molecule has 126 valence electrons. The van der Waals surface area contributed by atoms with Gasteiger partial charge in [-0.25, -0.2) is 0 Å². The minimum absolute atomic E-state index is 0.114. The van der Waals surface area contributed by atoms with E-state index in [1.54, 1.807) is 12.1 Å². The molecule has 0 aromatic heterocycles. The zero-order chi connectivity index (χ0) is 19.0. The van der Waals surface area contributed by atoms with Gasteiger partial charge >= 0.3 is 0 Å². The van der Waals surface area contributed by atoms with Gasteiger partial charge in [-0.05, 0) is 0 Å². The van der Waals surface area contributed by atoms with Gasteiger partial charge in [-0.3, -0.25) is 15.0 Å². The number of ketones is 2. The molecule has 7 nitrogen and oxygen atoms in total. The van der Waals surface area contributed by atoms with E-state index in [-0.39, 0.29) is 38.0 Å². The Kier molecular flexibility index (Phi) is 4.35. The Morgan fingerprint density at radius 2 is 1.54 bits per heavy atom. The maximum absolute atomic E-state index is 12.9. The largest absolute Gasteiger partial charge is 0.506 e. The molecule has 0 atom stereocenters. The van der Waals surface area contributed by atoms with Crippen molar-refractivity contribution >= 4 is 46.2 Å². The minimum atomic E-state index is -0.630. The van der Waals surface area contributed by atoms with E-state index in [0.29, 0.717) is 0 Å². The third kappa shape index (κ3) is 2.47.